The van der Waals surface area contributed by atoms with Gasteiger partial charge in [0.2, 0.25) is 0 Å². The van der Waals surface area contributed by atoms with E-state index in [1.54, 1.807) is 19.3 Å². The molecule has 4 aromatic rings. The quantitative estimate of drug-likeness (QED) is 0.0834. The van der Waals surface area contributed by atoms with Crippen molar-refractivity contribution in [3.8, 4) is 22.6 Å². The molecule has 0 spiro atoms. The molecule has 0 saturated carbocycles. The van der Waals surface area contributed by atoms with Gasteiger partial charge in [-0.1, -0.05) is 50.6 Å². The fourth-order valence-corrected chi connectivity index (χ4v) is 6.12. The first-order valence-electron chi connectivity index (χ1n) is 15.6. The second-order valence-corrected chi connectivity index (χ2v) is 12.3. The number of carbonyl (C=O) groups excluding carboxylic acids is 1. The number of allylic oxidation sites excluding steroid dienone is 1. The minimum Gasteiger partial charge on any atom is -0.496 e. The van der Waals surface area contributed by atoms with Crippen molar-refractivity contribution in [2.75, 3.05) is 26.9 Å². The van der Waals surface area contributed by atoms with Gasteiger partial charge in [0.25, 0.3) is 0 Å². The fraction of sp³-hybridized carbons (Fsp3) is 0.351. The average molecular weight is 629 g/mol. The average Bonchev–Trinajstić information content (AvgIpc) is 3.40. The minimum atomic E-state index is -1.20. The van der Waals surface area contributed by atoms with Crippen LogP contribution in [0.4, 0.5) is 0 Å². The molecule has 8 heteroatoms. The molecule has 0 saturated heterocycles. The lowest BCUT2D eigenvalue weighted by Crippen LogP contribution is -2.07. The van der Waals surface area contributed by atoms with Crippen molar-refractivity contribution in [3.63, 3.8) is 0 Å². The second kappa shape index (κ2) is 17.5. The highest BCUT2D eigenvalue weighted by Crippen LogP contribution is 2.29. The lowest BCUT2D eigenvalue weighted by molar-refractivity contribution is -0.113. The Morgan fingerprint density at radius 2 is 1.69 bits per heavy atom. The molecule has 0 fully saturated rings. The summed E-state index contributed by atoms with van der Waals surface area (Å²) in [5.41, 5.74) is 5.64. The summed E-state index contributed by atoms with van der Waals surface area (Å²) < 4.78 is 32.1. The molecule has 7 nitrogen and oxygen atoms in total. The number of methoxy groups -OCH3 is 1. The Bertz CT molecular complexity index is 1580. The van der Waals surface area contributed by atoms with E-state index in [9.17, 15) is 9.00 Å². The molecular weight excluding hydrogens is 584 g/mol. The van der Waals surface area contributed by atoms with E-state index in [0.717, 1.165) is 76.7 Å². The zero-order chi connectivity index (χ0) is 32.0. The first-order valence-corrected chi connectivity index (χ1v) is 16.9. The van der Waals surface area contributed by atoms with Crippen LogP contribution in [0.3, 0.4) is 0 Å². The number of nitrogens with zero attached hydrogens (tertiary/aromatic N) is 2. The van der Waals surface area contributed by atoms with Crippen LogP contribution in [0.25, 0.3) is 17.2 Å². The Kier molecular flexibility index (Phi) is 13.2. The molecule has 3 aromatic carbocycles. The largest absolute Gasteiger partial charge is 0.496 e. The van der Waals surface area contributed by atoms with Crippen LogP contribution in [-0.2, 0) is 39.0 Å². The van der Waals surface area contributed by atoms with Crippen LogP contribution in [0, 0.1) is 6.92 Å². The highest BCUT2D eigenvalue weighted by Gasteiger charge is 2.13. The van der Waals surface area contributed by atoms with E-state index in [1.165, 1.54) is 0 Å². The van der Waals surface area contributed by atoms with E-state index in [2.05, 4.69) is 23.4 Å². The number of ether oxygens (including phenoxy) is 3. The maximum atomic E-state index is 13.1. The minimum absolute atomic E-state index is 0.0319. The Morgan fingerprint density at radius 1 is 0.933 bits per heavy atom. The van der Waals surface area contributed by atoms with Gasteiger partial charge in [0, 0.05) is 30.0 Å². The number of unbranched alkanes of at least 4 members (excludes halogenated alkanes) is 1. The number of carbonyl (C=O) groups is 1. The van der Waals surface area contributed by atoms with Gasteiger partial charge in [0.15, 0.2) is 5.78 Å². The van der Waals surface area contributed by atoms with Crippen molar-refractivity contribution in [3.05, 3.63) is 102 Å². The first-order chi connectivity index (χ1) is 21.9. The van der Waals surface area contributed by atoms with Crippen LogP contribution in [0.1, 0.15) is 55.6 Å². The number of hydrogen-bond donors (Lipinski definition) is 0. The summed E-state index contributed by atoms with van der Waals surface area (Å²) in [6, 6.07) is 21.3. The molecule has 0 bridgehead atoms. The molecule has 0 unspecified atom stereocenters. The number of rotatable bonds is 18. The van der Waals surface area contributed by atoms with Gasteiger partial charge in [-0.15, -0.1) is 0 Å². The molecule has 0 amide bonds. The predicted molar refractivity (Wildman–Crippen MR) is 181 cm³/mol. The van der Waals surface area contributed by atoms with Crippen LogP contribution in [0.15, 0.2) is 84.0 Å². The Morgan fingerprint density at radius 3 is 2.40 bits per heavy atom. The van der Waals surface area contributed by atoms with Crippen LogP contribution in [-0.4, -0.2) is 46.5 Å². The van der Waals surface area contributed by atoms with Gasteiger partial charge < -0.3 is 18.8 Å². The standard InChI is InChI=1S/C37H44N2O5S/c1-5-7-21-43-22-23-44-34-15-11-30(12-16-34)31-13-19-37(42-4)32(25-31)10-14-33(40)24-29-8-17-35(18-9-29)45(41)26-36-28(3)38-27-39(36)20-6-2/h8-19,25,27H,5-7,20-24,26H2,1-4H3/b14-10+/t45-/m0/s1. The maximum absolute atomic E-state index is 13.1. The van der Waals surface area contributed by atoms with E-state index in [1.807, 2.05) is 80.0 Å². The van der Waals surface area contributed by atoms with Gasteiger partial charge >= 0.3 is 0 Å². The molecule has 45 heavy (non-hydrogen) atoms. The number of benzene rings is 3. The van der Waals surface area contributed by atoms with E-state index in [-0.39, 0.29) is 12.2 Å². The number of aromatic nitrogens is 2. The molecular formula is C37H44N2O5S. The van der Waals surface area contributed by atoms with Crippen molar-refractivity contribution in [1.29, 1.82) is 0 Å². The van der Waals surface area contributed by atoms with E-state index >= 15 is 0 Å². The molecule has 0 radical (unpaired) electrons. The number of ketones is 1. The third-order valence-corrected chi connectivity index (χ3v) is 8.79. The summed E-state index contributed by atoms with van der Waals surface area (Å²) in [6.45, 7) is 8.93. The van der Waals surface area contributed by atoms with Gasteiger partial charge in [-0.3, -0.25) is 9.00 Å². The number of hydrogen-bond acceptors (Lipinski definition) is 6. The summed E-state index contributed by atoms with van der Waals surface area (Å²) in [4.78, 5) is 18.0. The predicted octanol–water partition coefficient (Wildman–Crippen LogP) is 7.61. The zero-order valence-electron chi connectivity index (χ0n) is 26.8. The summed E-state index contributed by atoms with van der Waals surface area (Å²) in [6.07, 6.45) is 8.63. The molecule has 0 aliphatic carbocycles. The fourth-order valence-electron chi connectivity index (χ4n) is 4.89. The highest BCUT2D eigenvalue weighted by molar-refractivity contribution is 7.84. The van der Waals surface area contributed by atoms with Gasteiger partial charge in [0.1, 0.15) is 18.1 Å². The summed E-state index contributed by atoms with van der Waals surface area (Å²) in [5, 5.41) is 0. The Hall–Kier alpha value is -4.01. The van der Waals surface area contributed by atoms with Crippen LogP contribution < -0.4 is 9.47 Å². The van der Waals surface area contributed by atoms with Gasteiger partial charge in [-0.2, -0.15) is 0 Å². The van der Waals surface area contributed by atoms with Crippen molar-refractivity contribution < 1.29 is 23.2 Å². The summed E-state index contributed by atoms with van der Waals surface area (Å²) >= 11 is 0. The number of imidazole rings is 1. The van der Waals surface area contributed by atoms with Gasteiger partial charge in [0.05, 0.1) is 48.0 Å². The zero-order valence-corrected chi connectivity index (χ0v) is 27.6. The van der Waals surface area contributed by atoms with Crippen LogP contribution in [0.5, 0.6) is 11.5 Å². The van der Waals surface area contributed by atoms with Gasteiger partial charge in [-0.25, -0.2) is 4.98 Å². The molecule has 4 rings (SSSR count). The van der Waals surface area contributed by atoms with Crippen molar-refractivity contribution >= 4 is 22.7 Å². The smallest absolute Gasteiger partial charge is 0.160 e. The third-order valence-electron chi connectivity index (χ3n) is 7.46. The van der Waals surface area contributed by atoms with E-state index < -0.39 is 10.8 Å². The SMILES string of the molecule is CCCCOCCOc1ccc(-c2ccc(OC)c(/C=C/C(=O)Cc3ccc([S@@](=O)Cc4c(C)ncn4CCC)cc3)c2)cc1. The van der Waals surface area contributed by atoms with E-state index in [4.69, 9.17) is 14.2 Å². The lowest BCUT2D eigenvalue weighted by Gasteiger charge is -2.10. The van der Waals surface area contributed by atoms with Crippen molar-refractivity contribution in [2.45, 2.75) is 63.6 Å². The molecule has 0 N–H and O–H groups in total. The summed E-state index contributed by atoms with van der Waals surface area (Å²) in [7, 11) is 0.423. The van der Waals surface area contributed by atoms with Crippen LogP contribution >= 0.6 is 0 Å². The molecule has 1 atom stereocenters. The second-order valence-electron chi connectivity index (χ2n) is 10.9. The molecule has 0 aliphatic rings. The topological polar surface area (TPSA) is 79.7 Å². The third kappa shape index (κ3) is 9.99. The van der Waals surface area contributed by atoms with Gasteiger partial charge in [-0.05, 0) is 85.0 Å². The monoisotopic (exact) mass is 628 g/mol. The highest BCUT2D eigenvalue weighted by atomic mass is 32.2. The number of aryl methyl sites for hydroxylation is 2. The first kappa shape index (κ1) is 33.9. The summed E-state index contributed by atoms with van der Waals surface area (Å²) in [5.74, 6) is 1.87. The van der Waals surface area contributed by atoms with Crippen LogP contribution in [0.2, 0.25) is 0 Å². The molecule has 1 aromatic heterocycles. The molecule has 238 valence electrons. The van der Waals surface area contributed by atoms with E-state index in [0.29, 0.717) is 24.7 Å². The van der Waals surface area contributed by atoms with Crippen molar-refractivity contribution in [1.82, 2.24) is 9.55 Å². The molecule has 1 heterocycles. The maximum Gasteiger partial charge on any atom is 0.160 e. The Labute approximate surface area is 269 Å². The lowest BCUT2D eigenvalue weighted by atomic mass is 10.0. The van der Waals surface area contributed by atoms with Crippen molar-refractivity contribution in [2.24, 2.45) is 0 Å². The Balaban J connectivity index is 1.34. The normalized spacial score (nSPS) is 12.0. The molecule has 0 aliphatic heterocycles.